The van der Waals surface area contributed by atoms with Gasteiger partial charge in [-0.25, -0.2) is 8.42 Å². The summed E-state index contributed by atoms with van der Waals surface area (Å²) in [5.74, 6) is -0.0786. The molecule has 0 spiro atoms. The zero-order chi connectivity index (χ0) is 12.5. The Labute approximate surface area is 99.5 Å². The van der Waals surface area contributed by atoms with E-state index in [-0.39, 0.29) is 10.6 Å². The maximum Gasteiger partial charge on any atom is 0.176 e. The first-order chi connectivity index (χ1) is 7.98. The van der Waals surface area contributed by atoms with Gasteiger partial charge in [0.05, 0.1) is 10.6 Å². The van der Waals surface area contributed by atoms with Crippen LogP contribution in [-0.4, -0.2) is 24.8 Å². The van der Waals surface area contributed by atoms with Gasteiger partial charge in [0.25, 0.3) is 0 Å². The molecule has 0 unspecified atom stereocenters. The summed E-state index contributed by atoms with van der Waals surface area (Å²) in [4.78, 5) is 4.19. The topological polar surface area (TPSA) is 67.3 Å². The summed E-state index contributed by atoms with van der Waals surface area (Å²) < 4.78 is 23.3. The Morgan fingerprint density at radius 3 is 2.53 bits per heavy atom. The molecule has 1 aromatic heterocycles. The lowest BCUT2D eigenvalue weighted by Gasteiger charge is -2.07. The first-order valence-corrected chi connectivity index (χ1v) is 6.82. The van der Waals surface area contributed by atoms with E-state index in [9.17, 15) is 13.5 Å². The minimum atomic E-state index is -3.40. The fourth-order valence-electron chi connectivity index (χ4n) is 1.55. The van der Waals surface area contributed by atoms with Crippen LogP contribution in [0.4, 0.5) is 0 Å². The molecule has 0 amide bonds. The van der Waals surface area contributed by atoms with E-state index in [0.29, 0.717) is 11.3 Å². The third kappa shape index (κ3) is 2.45. The Morgan fingerprint density at radius 2 is 1.94 bits per heavy atom. The monoisotopic (exact) mass is 249 g/mol. The van der Waals surface area contributed by atoms with Gasteiger partial charge in [-0.05, 0) is 30.3 Å². The molecular formula is C12H11NO3S. The largest absolute Gasteiger partial charge is 0.508 e. The molecule has 5 heteroatoms. The van der Waals surface area contributed by atoms with Gasteiger partial charge in [0.1, 0.15) is 5.75 Å². The van der Waals surface area contributed by atoms with Crippen molar-refractivity contribution in [3.63, 3.8) is 0 Å². The van der Waals surface area contributed by atoms with Gasteiger partial charge in [-0.2, -0.15) is 0 Å². The molecular weight excluding hydrogens is 238 g/mol. The van der Waals surface area contributed by atoms with Crippen LogP contribution < -0.4 is 0 Å². The van der Waals surface area contributed by atoms with Gasteiger partial charge in [0.2, 0.25) is 0 Å². The fourth-order valence-corrected chi connectivity index (χ4v) is 2.46. The van der Waals surface area contributed by atoms with Crippen LogP contribution in [0.3, 0.4) is 0 Å². The average Bonchev–Trinajstić information content (AvgIpc) is 2.29. The zero-order valence-electron chi connectivity index (χ0n) is 9.16. The van der Waals surface area contributed by atoms with Crippen LogP contribution in [0.1, 0.15) is 0 Å². The normalized spacial score (nSPS) is 11.4. The SMILES string of the molecule is CS(=O)(=O)c1cc(O)ccc1-c1ccccn1. The predicted molar refractivity (Wildman–Crippen MR) is 64.4 cm³/mol. The predicted octanol–water partition coefficient (Wildman–Crippen LogP) is 1.86. The number of hydrogen-bond donors (Lipinski definition) is 1. The van der Waals surface area contributed by atoms with Gasteiger partial charge < -0.3 is 5.11 Å². The molecule has 1 heterocycles. The molecule has 0 saturated heterocycles. The summed E-state index contributed by atoms with van der Waals surface area (Å²) in [5, 5.41) is 9.36. The lowest BCUT2D eigenvalue weighted by Crippen LogP contribution is -2.00. The molecule has 0 aliphatic heterocycles. The van der Waals surface area contributed by atoms with E-state index in [1.807, 2.05) is 0 Å². The van der Waals surface area contributed by atoms with Crippen molar-refractivity contribution in [2.45, 2.75) is 4.90 Å². The Balaban J connectivity index is 2.71. The van der Waals surface area contributed by atoms with Crippen LogP contribution in [0.2, 0.25) is 0 Å². The second-order valence-corrected chi connectivity index (χ2v) is 5.65. The molecule has 0 aliphatic carbocycles. The molecule has 0 saturated carbocycles. The molecule has 88 valence electrons. The molecule has 4 nitrogen and oxygen atoms in total. The van der Waals surface area contributed by atoms with Gasteiger partial charge in [0.15, 0.2) is 9.84 Å². The van der Waals surface area contributed by atoms with Crippen molar-refractivity contribution >= 4 is 9.84 Å². The quantitative estimate of drug-likeness (QED) is 0.882. The van der Waals surface area contributed by atoms with E-state index in [1.165, 1.54) is 12.1 Å². The first-order valence-electron chi connectivity index (χ1n) is 4.93. The van der Waals surface area contributed by atoms with Gasteiger partial charge in [-0.1, -0.05) is 6.07 Å². The van der Waals surface area contributed by atoms with Gasteiger partial charge >= 0.3 is 0 Å². The zero-order valence-corrected chi connectivity index (χ0v) is 9.98. The summed E-state index contributed by atoms with van der Waals surface area (Å²) >= 11 is 0. The Bertz CT molecular complexity index is 636. The summed E-state index contributed by atoms with van der Waals surface area (Å²) in [6.45, 7) is 0. The Hall–Kier alpha value is -1.88. The standard InChI is InChI=1S/C12H11NO3S/c1-17(15,16)12-8-9(14)5-6-10(12)11-4-2-3-7-13-11/h2-8,14H,1H3. The Kier molecular flexibility index (Phi) is 2.85. The van der Waals surface area contributed by atoms with Crippen molar-refractivity contribution in [2.75, 3.05) is 6.26 Å². The van der Waals surface area contributed by atoms with E-state index in [0.717, 1.165) is 6.26 Å². The second-order valence-electron chi connectivity index (χ2n) is 3.67. The average molecular weight is 249 g/mol. The first kappa shape index (κ1) is 11.6. The molecule has 2 aromatic rings. The van der Waals surface area contributed by atoms with E-state index < -0.39 is 9.84 Å². The lowest BCUT2D eigenvalue weighted by atomic mass is 10.1. The molecule has 0 atom stereocenters. The maximum atomic E-state index is 11.6. The summed E-state index contributed by atoms with van der Waals surface area (Å²) in [6, 6.07) is 9.48. The highest BCUT2D eigenvalue weighted by Gasteiger charge is 2.15. The van der Waals surface area contributed by atoms with Crippen molar-refractivity contribution in [3.05, 3.63) is 42.6 Å². The van der Waals surface area contributed by atoms with Crippen molar-refractivity contribution < 1.29 is 13.5 Å². The number of hydrogen-bond acceptors (Lipinski definition) is 4. The van der Waals surface area contributed by atoms with E-state index >= 15 is 0 Å². The van der Waals surface area contributed by atoms with E-state index in [4.69, 9.17) is 0 Å². The van der Waals surface area contributed by atoms with Crippen LogP contribution in [0, 0.1) is 0 Å². The second kappa shape index (κ2) is 4.18. The highest BCUT2D eigenvalue weighted by Crippen LogP contribution is 2.28. The molecule has 0 radical (unpaired) electrons. The highest BCUT2D eigenvalue weighted by molar-refractivity contribution is 7.90. The minimum Gasteiger partial charge on any atom is -0.508 e. The third-order valence-corrected chi connectivity index (χ3v) is 3.44. The van der Waals surface area contributed by atoms with Crippen molar-refractivity contribution in [2.24, 2.45) is 0 Å². The number of sulfone groups is 1. The molecule has 0 aliphatic rings. The van der Waals surface area contributed by atoms with E-state index in [1.54, 1.807) is 30.5 Å². The molecule has 1 aromatic carbocycles. The number of aromatic nitrogens is 1. The number of nitrogens with zero attached hydrogens (tertiary/aromatic N) is 1. The molecule has 2 rings (SSSR count). The van der Waals surface area contributed by atoms with Crippen LogP contribution in [0.5, 0.6) is 5.75 Å². The fraction of sp³-hybridized carbons (Fsp3) is 0.0833. The number of pyridine rings is 1. The highest BCUT2D eigenvalue weighted by atomic mass is 32.2. The van der Waals surface area contributed by atoms with E-state index in [2.05, 4.69) is 4.98 Å². The van der Waals surface area contributed by atoms with Crippen LogP contribution in [0.25, 0.3) is 11.3 Å². The summed E-state index contributed by atoms with van der Waals surface area (Å²) in [6.07, 6.45) is 2.70. The Morgan fingerprint density at radius 1 is 1.18 bits per heavy atom. The molecule has 0 bridgehead atoms. The summed E-state index contributed by atoms with van der Waals surface area (Å²) in [5.41, 5.74) is 1.05. The van der Waals surface area contributed by atoms with Crippen molar-refractivity contribution in [1.29, 1.82) is 0 Å². The minimum absolute atomic E-state index is 0.0786. The number of aromatic hydroxyl groups is 1. The lowest BCUT2D eigenvalue weighted by molar-refractivity contribution is 0.473. The molecule has 1 N–H and O–H groups in total. The van der Waals surface area contributed by atoms with Gasteiger partial charge in [0, 0.05) is 18.0 Å². The van der Waals surface area contributed by atoms with Crippen LogP contribution in [0.15, 0.2) is 47.5 Å². The number of rotatable bonds is 2. The molecule has 0 fully saturated rings. The number of phenolic OH excluding ortho intramolecular Hbond substituents is 1. The van der Waals surface area contributed by atoms with Crippen LogP contribution >= 0.6 is 0 Å². The van der Waals surface area contributed by atoms with Gasteiger partial charge in [-0.3, -0.25) is 4.98 Å². The van der Waals surface area contributed by atoms with Crippen molar-refractivity contribution in [1.82, 2.24) is 4.98 Å². The van der Waals surface area contributed by atoms with Gasteiger partial charge in [-0.15, -0.1) is 0 Å². The van der Waals surface area contributed by atoms with Crippen molar-refractivity contribution in [3.8, 4) is 17.0 Å². The maximum absolute atomic E-state index is 11.6. The molecule has 17 heavy (non-hydrogen) atoms. The smallest absolute Gasteiger partial charge is 0.176 e. The number of phenols is 1. The number of benzene rings is 1. The summed E-state index contributed by atoms with van der Waals surface area (Å²) in [7, 11) is -3.40. The van der Waals surface area contributed by atoms with Crippen LogP contribution in [-0.2, 0) is 9.84 Å². The third-order valence-electron chi connectivity index (χ3n) is 2.31.